The summed E-state index contributed by atoms with van der Waals surface area (Å²) in [7, 11) is -3.92. The molecule has 0 bridgehead atoms. The standard InChI is InChI=1S/C17H23NO6S/c1-3-23-15(19)13-7-9-14(10-8-13)25(21,22)18-17(11-5-6-12-17)16(20)24-4-2/h7-10,18H,3-6,11-12H2,1-2H3. The zero-order valence-electron chi connectivity index (χ0n) is 14.4. The lowest BCUT2D eigenvalue weighted by atomic mass is 10.00. The molecular weight excluding hydrogens is 346 g/mol. The molecule has 0 saturated heterocycles. The maximum absolute atomic E-state index is 12.7. The Morgan fingerprint density at radius 3 is 2.12 bits per heavy atom. The van der Waals surface area contributed by atoms with Gasteiger partial charge >= 0.3 is 11.9 Å². The highest BCUT2D eigenvalue weighted by atomic mass is 32.2. The van der Waals surface area contributed by atoms with E-state index in [9.17, 15) is 18.0 Å². The first-order valence-electron chi connectivity index (χ1n) is 8.33. The van der Waals surface area contributed by atoms with Crippen molar-refractivity contribution >= 4 is 22.0 Å². The molecule has 1 aromatic rings. The largest absolute Gasteiger partial charge is 0.465 e. The van der Waals surface area contributed by atoms with Crippen LogP contribution in [0.3, 0.4) is 0 Å². The second kappa shape index (κ2) is 7.97. The minimum absolute atomic E-state index is 0.0175. The molecule has 1 saturated carbocycles. The monoisotopic (exact) mass is 369 g/mol. The van der Waals surface area contributed by atoms with E-state index in [-0.39, 0.29) is 23.7 Å². The van der Waals surface area contributed by atoms with Gasteiger partial charge in [-0.2, -0.15) is 4.72 Å². The maximum Gasteiger partial charge on any atom is 0.338 e. The van der Waals surface area contributed by atoms with Gasteiger partial charge in [0.1, 0.15) is 5.54 Å². The number of hydrogen-bond donors (Lipinski definition) is 1. The molecule has 2 rings (SSSR count). The quantitative estimate of drug-likeness (QED) is 0.738. The Morgan fingerprint density at radius 2 is 1.60 bits per heavy atom. The van der Waals surface area contributed by atoms with E-state index in [1.807, 2.05) is 0 Å². The van der Waals surface area contributed by atoms with Gasteiger partial charge in [0.05, 0.1) is 23.7 Å². The molecule has 1 fully saturated rings. The molecular formula is C17H23NO6S. The lowest BCUT2D eigenvalue weighted by Crippen LogP contribution is -2.53. The van der Waals surface area contributed by atoms with Gasteiger partial charge < -0.3 is 9.47 Å². The van der Waals surface area contributed by atoms with E-state index < -0.39 is 27.5 Å². The number of benzene rings is 1. The number of hydrogen-bond acceptors (Lipinski definition) is 6. The average molecular weight is 369 g/mol. The van der Waals surface area contributed by atoms with Gasteiger partial charge in [0, 0.05) is 0 Å². The van der Waals surface area contributed by atoms with Crippen LogP contribution in [0, 0.1) is 0 Å². The fourth-order valence-electron chi connectivity index (χ4n) is 2.90. The van der Waals surface area contributed by atoms with Gasteiger partial charge in [0.25, 0.3) is 0 Å². The van der Waals surface area contributed by atoms with Crippen molar-refractivity contribution in [3.8, 4) is 0 Å². The summed E-state index contributed by atoms with van der Waals surface area (Å²) in [5.41, 5.74) is -0.948. The van der Waals surface area contributed by atoms with Crippen LogP contribution in [-0.4, -0.2) is 39.1 Å². The number of carbonyl (C=O) groups excluding carboxylic acids is 2. The molecule has 1 N–H and O–H groups in total. The van der Waals surface area contributed by atoms with Gasteiger partial charge in [-0.25, -0.2) is 13.2 Å². The van der Waals surface area contributed by atoms with E-state index in [4.69, 9.17) is 9.47 Å². The highest BCUT2D eigenvalue weighted by molar-refractivity contribution is 7.89. The SMILES string of the molecule is CCOC(=O)c1ccc(S(=O)(=O)NC2(C(=O)OCC)CCCC2)cc1. The summed E-state index contributed by atoms with van der Waals surface area (Å²) in [4.78, 5) is 23.9. The van der Waals surface area contributed by atoms with Crippen molar-refractivity contribution in [2.45, 2.75) is 50.0 Å². The first kappa shape index (κ1) is 19.4. The van der Waals surface area contributed by atoms with Gasteiger partial charge in [-0.15, -0.1) is 0 Å². The van der Waals surface area contributed by atoms with Crippen molar-refractivity contribution in [1.82, 2.24) is 4.72 Å². The fraction of sp³-hybridized carbons (Fsp3) is 0.529. The molecule has 25 heavy (non-hydrogen) atoms. The Labute approximate surface area is 147 Å². The van der Waals surface area contributed by atoms with E-state index in [2.05, 4.69) is 4.72 Å². The molecule has 0 unspecified atom stereocenters. The molecule has 1 aliphatic rings. The molecule has 1 aliphatic carbocycles. The number of nitrogens with one attached hydrogen (secondary N) is 1. The molecule has 0 amide bonds. The zero-order valence-corrected chi connectivity index (χ0v) is 15.2. The molecule has 0 aliphatic heterocycles. The second-order valence-electron chi connectivity index (χ2n) is 5.86. The van der Waals surface area contributed by atoms with Crippen LogP contribution >= 0.6 is 0 Å². The van der Waals surface area contributed by atoms with Crippen molar-refractivity contribution in [2.75, 3.05) is 13.2 Å². The highest BCUT2D eigenvalue weighted by Crippen LogP contribution is 2.32. The van der Waals surface area contributed by atoms with Crippen LogP contribution in [-0.2, 0) is 24.3 Å². The fourth-order valence-corrected chi connectivity index (χ4v) is 4.31. The summed E-state index contributed by atoms with van der Waals surface area (Å²) in [6.07, 6.45) is 2.32. The molecule has 8 heteroatoms. The molecule has 0 aromatic heterocycles. The Morgan fingerprint density at radius 1 is 1.04 bits per heavy atom. The lowest BCUT2D eigenvalue weighted by Gasteiger charge is -2.27. The van der Waals surface area contributed by atoms with E-state index in [1.54, 1.807) is 13.8 Å². The Hall–Kier alpha value is -1.93. The van der Waals surface area contributed by atoms with Gasteiger partial charge in [-0.05, 0) is 51.0 Å². The van der Waals surface area contributed by atoms with Crippen LogP contribution < -0.4 is 4.72 Å². The first-order chi connectivity index (χ1) is 11.8. The summed E-state index contributed by atoms with van der Waals surface area (Å²) in [5.74, 6) is -1.06. The molecule has 7 nitrogen and oxygen atoms in total. The zero-order chi connectivity index (χ0) is 18.5. The summed E-state index contributed by atoms with van der Waals surface area (Å²) < 4.78 is 37.8. The molecule has 0 heterocycles. The van der Waals surface area contributed by atoms with E-state index >= 15 is 0 Å². The Bertz CT molecular complexity index is 720. The molecule has 138 valence electrons. The Kier molecular flexibility index (Phi) is 6.18. The van der Waals surface area contributed by atoms with Crippen LogP contribution in [0.5, 0.6) is 0 Å². The highest BCUT2D eigenvalue weighted by Gasteiger charge is 2.45. The van der Waals surface area contributed by atoms with Crippen molar-refractivity contribution in [2.24, 2.45) is 0 Å². The number of ether oxygens (including phenoxy) is 2. The predicted molar refractivity (Wildman–Crippen MR) is 90.6 cm³/mol. The van der Waals surface area contributed by atoms with Crippen molar-refractivity contribution in [3.63, 3.8) is 0 Å². The summed E-state index contributed by atoms with van der Waals surface area (Å²) >= 11 is 0. The van der Waals surface area contributed by atoms with Crippen molar-refractivity contribution in [3.05, 3.63) is 29.8 Å². The summed E-state index contributed by atoms with van der Waals surface area (Å²) in [6.45, 7) is 3.80. The van der Waals surface area contributed by atoms with Gasteiger partial charge in [0.15, 0.2) is 0 Å². The third-order valence-corrected chi connectivity index (χ3v) is 5.68. The Balaban J connectivity index is 2.22. The van der Waals surface area contributed by atoms with Crippen LogP contribution in [0.25, 0.3) is 0 Å². The van der Waals surface area contributed by atoms with Crippen LogP contribution in [0.15, 0.2) is 29.2 Å². The predicted octanol–water partition coefficient (Wildman–Crippen LogP) is 2.02. The topological polar surface area (TPSA) is 98.8 Å². The van der Waals surface area contributed by atoms with Crippen molar-refractivity contribution in [1.29, 1.82) is 0 Å². The number of esters is 2. The van der Waals surface area contributed by atoms with Crippen LogP contribution in [0.2, 0.25) is 0 Å². The number of sulfonamides is 1. The van der Waals surface area contributed by atoms with E-state index in [0.717, 1.165) is 12.8 Å². The third-order valence-electron chi connectivity index (χ3n) is 4.13. The molecule has 0 atom stereocenters. The smallest absolute Gasteiger partial charge is 0.338 e. The lowest BCUT2D eigenvalue weighted by molar-refractivity contribution is -0.150. The van der Waals surface area contributed by atoms with Crippen LogP contribution in [0.1, 0.15) is 49.9 Å². The molecule has 1 aromatic carbocycles. The number of carbonyl (C=O) groups is 2. The maximum atomic E-state index is 12.7. The third kappa shape index (κ3) is 4.38. The van der Waals surface area contributed by atoms with E-state index in [1.165, 1.54) is 24.3 Å². The first-order valence-corrected chi connectivity index (χ1v) is 9.81. The summed E-state index contributed by atoms with van der Waals surface area (Å²) in [6, 6.07) is 5.42. The number of rotatable bonds is 7. The van der Waals surface area contributed by atoms with Gasteiger partial charge in [-0.1, -0.05) is 12.8 Å². The normalized spacial score (nSPS) is 16.4. The van der Waals surface area contributed by atoms with Gasteiger partial charge in [-0.3, -0.25) is 4.79 Å². The molecule has 0 spiro atoms. The average Bonchev–Trinajstić information content (AvgIpc) is 3.04. The summed E-state index contributed by atoms with van der Waals surface area (Å²) in [5, 5.41) is 0. The molecule has 0 radical (unpaired) electrons. The van der Waals surface area contributed by atoms with E-state index in [0.29, 0.717) is 12.8 Å². The second-order valence-corrected chi connectivity index (χ2v) is 7.54. The van der Waals surface area contributed by atoms with Gasteiger partial charge in [0.2, 0.25) is 10.0 Å². The van der Waals surface area contributed by atoms with Crippen molar-refractivity contribution < 1.29 is 27.5 Å². The minimum Gasteiger partial charge on any atom is -0.465 e. The van der Waals surface area contributed by atoms with Crippen LogP contribution in [0.4, 0.5) is 0 Å². The minimum atomic E-state index is -3.92.